The van der Waals surface area contributed by atoms with Gasteiger partial charge in [-0.15, -0.1) is 0 Å². The monoisotopic (exact) mass is 292 g/mol. The zero-order valence-corrected chi connectivity index (χ0v) is 12.3. The van der Waals surface area contributed by atoms with E-state index in [1.54, 1.807) is 17.0 Å². The third-order valence-electron chi connectivity index (χ3n) is 3.75. The molecule has 1 aromatic carbocycles. The highest BCUT2D eigenvalue weighted by Gasteiger charge is 2.28. The van der Waals surface area contributed by atoms with Crippen LogP contribution in [0, 0.1) is 0 Å². The van der Waals surface area contributed by atoms with E-state index in [-0.39, 0.29) is 17.5 Å². The van der Waals surface area contributed by atoms with Gasteiger partial charge in [0.15, 0.2) is 0 Å². The predicted octanol–water partition coefficient (Wildman–Crippen LogP) is 0.926. The molecule has 6 nitrogen and oxygen atoms in total. The van der Waals surface area contributed by atoms with Crippen molar-refractivity contribution in [2.45, 2.75) is 13.0 Å². The molecule has 0 radical (unpaired) electrons. The van der Waals surface area contributed by atoms with E-state index in [1.165, 1.54) is 12.1 Å². The highest BCUT2D eigenvalue weighted by atomic mass is 16.5. The lowest BCUT2D eigenvalue weighted by molar-refractivity contribution is -0.139. The molecule has 1 aliphatic rings. The van der Waals surface area contributed by atoms with Gasteiger partial charge in [-0.25, -0.2) is 4.79 Å². The second kappa shape index (κ2) is 6.58. The first-order valence-electron chi connectivity index (χ1n) is 6.94. The number of nitrogens with zero attached hydrogens (tertiary/aromatic N) is 2. The molecule has 1 amide bonds. The number of carbonyl (C=O) groups is 2. The lowest BCUT2D eigenvalue weighted by atomic mass is 10.2. The molecule has 0 aromatic heterocycles. The van der Waals surface area contributed by atoms with Crippen LogP contribution in [0.15, 0.2) is 24.3 Å². The average molecular weight is 292 g/mol. The third kappa shape index (κ3) is 3.72. The molecule has 0 saturated carbocycles. The van der Waals surface area contributed by atoms with Crippen molar-refractivity contribution in [2.24, 2.45) is 0 Å². The largest absolute Gasteiger partial charge is 0.492 e. The molecule has 0 spiro atoms. The summed E-state index contributed by atoms with van der Waals surface area (Å²) in [5.74, 6) is -0.188. The number of carboxylic acids is 1. The molecule has 21 heavy (non-hydrogen) atoms. The zero-order chi connectivity index (χ0) is 15.4. The van der Waals surface area contributed by atoms with Crippen LogP contribution in [-0.2, 0) is 4.79 Å². The summed E-state index contributed by atoms with van der Waals surface area (Å²) in [5, 5.41) is 8.81. The second-order valence-electron chi connectivity index (χ2n) is 5.15. The Kier molecular flexibility index (Phi) is 4.80. The van der Waals surface area contributed by atoms with Crippen LogP contribution < -0.4 is 4.74 Å². The Hall–Kier alpha value is -2.08. The van der Waals surface area contributed by atoms with Crippen LogP contribution in [0.3, 0.4) is 0 Å². The van der Waals surface area contributed by atoms with Crippen LogP contribution in [0.2, 0.25) is 0 Å². The summed E-state index contributed by atoms with van der Waals surface area (Å²) in [4.78, 5) is 26.4. The van der Waals surface area contributed by atoms with Crippen LogP contribution in [0.4, 0.5) is 0 Å². The van der Waals surface area contributed by atoms with E-state index in [0.29, 0.717) is 18.9 Å². The minimum atomic E-state index is -0.952. The maximum absolute atomic E-state index is 11.9. The number of piperazine rings is 1. The molecular formula is C15H20N2O4. The summed E-state index contributed by atoms with van der Waals surface area (Å²) in [5.41, 5.74) is 0.237. The Bertz CT molecular complexity index is 515. The topological polar surface area (TPSA) is 70.1 Å². The highest BCUT2D eigenvalue weighted by Crippen LogP contribution is 2.13. The smallest absolute Gasteiger partial charge is 0.335 e. The van der Waals surface area contributed by atoms with Gasteiger partial charge in [0.25, 0.3) is 0 Å². The number of hydrogen-bond acceptors (Lipinski definition) is 4. The summed E-state index contributed by atoms with van der Waals surface area (Å²) in [6, 6.07) is 6.19. The fraction of sp³-hybridized carbons (Fsp3) is 0.467. The van der Waals surface area contributed by atoms with Gasteiger partial charge in [-0.05, 0) is 31.2 Å². The first kappa shape index (κ1) is 15.3. The molecule has 1 aliphatic heterocycles. The van der Waals surface area contributed by atoms with E-state index in [2.05, 4.69) is 4.90 Å². The van der Waals surface area contributed by atoms with Crippen LogP contribution >= 0.6 is 0 Å². The SMILES string of the molecule is C[C@@H]1C(=O)N(C)CCN1CCOc1ccc(C(=O)O)cc1. The first-order valence-corrected chi connectivity index (χ1v) is 6.94. The van der Waals surface area contributed by atoms with E-state index in [1.807, 2.05) is 14.0 Å². The summed E-state index contributed by atoms with van der Waals surface area (Å²) in [6.07, 6.45) is 0. The van der Waals surface area contributed by atoms with Gasteiger partial charge in [-0.1, -0.05) is 0 Å². The summed E-state index contributed by atoms with van der Waals surface area (Å²) < 4.78 is 5.59. The maximum Gasteiger partial charge on any atom is 0.335 e. The van der Waals surface area contributed by atoms with Crippen molar-refractivity contribution in [1.82, 2.24) is 9.80 Å². The second-order valence-corrected chi connectivity index (χ2v) is 5.15. The number of aromatic carboxylic acids is 1. The molecule has 1 fully saturated rings. The van der Waals surface area contributed by atoms with Gasteiger partial charge in [0, 0.05) is 26.7 Å². The van der Waals surface area contributed by atoms with E-state index < -0.39 is 5.97 Å². The lowest BCUT2D eigenvalue weighted by Crippen LogP contribution is -2.55. The Labute approximate surface area is 123 Å². The van der Waals surface area contributed by atoms with Crippen molar-refractivity contribution >= 4 is 11.9 Å². The van der Waals surface area contributed by atoms with E-state index in [4.69, 9.17) is 9.84 Å². The Morgan fingerprint density at radius 3 is 2.62 bits per heavy atom. The quantitative estimate of drug-likeness (QED) is 0.874. The van der Waals surface area contributed by atoms with Crippen molar-refractivity contribution in [3.05, 3.63) is 29.8 Å². The zero-order valence-electron chi connectivity index (χ0n) is 12.3. The average Bonchev–Trinajstić information content (AvgIpc) is 2.48. The van der Waals surface area contributed by atoms with Gasteiger partial charge in [-0.2, -0.15) is 0 Å². The molecule has 1 N–H and O–H groups in total. The van der Waals surface area contributed by atoms with E-state index >= 15 is 0 Å². The van der Waals surface area contributed by atoms with Gasteiger partial charge in [-0.3, -0.25) is 9.69 Å². The van der Waals surface area contributed by atoms with Gasteiger partial charge in [0.2, 0.25) is 5.91 Å². The number of likely N-dealkylation sites (N-methyl/N-ethyl adjacent to an activating group) is 1. The maximum atomic E-state index is 11.9. The molecule has 1 saturated heterocycles. The number of amides is 1. The molecule has 6 heteroatoms. The molecule has 0 bridgehead atoms. The van der Waals surface area contributed by atoms with Crippen LogP contribution in [0.25, 0.3) is 0 Å². The Morgan fingerprint density at radius 1 is 1.33 bits per heavy atom. The normalized spacial score (nSPS) is 19.6. The fourth-order valence-corrected chi connectivity index (χ4v) is 2.34. The van der Waals surface area contributed by atoms with Crippen LogP contribution in [-0.4, -0.2) is 66.1 Å². The number of carbonyl (C=O) groups excluding carboxylic acids is 1. The minimum Gasteiger partial charge on any atom is -0.492 e. The standard InChI is InChI=1S/C15H20N2O4/c1-11-14(18)16(2)7-8-17(11)9-10-21-13-5-3-12(4-6-13)15(19)20/h3-6,11H,7-10H2,1-2H3,(H,19,20)/t11-/m1/s1. The fourth-order valence-electron chi connectivity index (χ4n) is 2.34. The highest BCUT2D eigenvalue weighted by molar-refractivity contribution is 5.87. The van der Waals surface area contributed by atoms with Gasteiger partial charge < -0.3 is 14.7 Å². The summed E-state index contributed by atoms with van der Waals surface area (Å²) in [6.45, 7) is 4.61. The number of rotatable bonds is 5. The van der Waals surface area contributed by atoms with Crippen LogP contribution in [0.5, 0.6) is 5.75 Å². The summed E-state index contributed by atoms with van der Waals surface area (Å²) in [7, 11) is 1.82. The van der Waals surface area contributed by atoms with Crippen molar-refractivity contribution in [3.8, 4) is 5.75 Å². The van der Waals surface area contributed by atoms with Crippen molar-refractivity contribution < 1.29 is 19.4 Å². The Balaban J connectivity index is 1.81. The number of ether oxygens (including phenoxy) is 1. The van der Waals surface area contributed by atoms with Crippen molar-refractivity contribution in [3.63, 3.8) is 0 Å². The molecule has 1 heterocycles. The first-order chi connectivity index (χ1) is 9.99. The van der Waals surface area contributed by atoms with Gasteiger partial charge in [0.1, 0.15) is 12.4 Å². The lowest BCUT2D eigenvalue weighted by Gasteiger charge is -2.37. The molecule has 0 aliphatic carbocycles. The van der Waals surface area contributed by atoms with Crippen molar-refractivity contribution in [2.75, 3.05) is 33.3 Å². The molecule has 2 rings (SSSR count). The van der Waals surface area contributed by atoms with Crippen LogP contribution in [0.1, 0.15) is 17.3 Å². The predicted molar refractivity (Wildman–Crippen MR) is 77.6 cm³/mol. The third-order valence-corrected chi connectivity index (χ3v) is 3.75. The van der Waals surface area contributed by atoms with E-state index in [9.17, 15) is 9.59 Å². The molecular weight excluding hydrogens is 272 g/mol. The minimum absolute atomic E-state index is 0.123. The van der Waals surface area contributed by atoms with Gasteiger partial charge in [0.05, 0.1) is 11.6 Å². The molecule has 0 unspecified atom stereocenters. The molecule has 1 atom stereocenters. The molecule has 1 aromatic rings. The van der Waals surface area contributed by atoms with Crippen molar-refractivity contribution in [1.29, 1.82) is 0 Å². The Morgan fingerprint density at radius 2 is 2.00 bits per heavy atom. The number of hydrogen-bond donors (Lipinski definition) is 1. The summed E-state index contributed by atoms with van der Waals surface area (Å²) >= 11 is 0. The number of benzene rings is 1. The van der Waals surface area contributed by atoms with E-state index in [0.717, 1.165) is 13.1 Å². The molecule has 114 valence electrons. The van der Waals surface area contributed by atoms with Gasteiger partial charge >= 0.3 is 5.97 Å². The number of carboxylic acid groups (broad SMARTS) is 1.